The lowest BCUT2D eigenvalue weighted by Gasteiger charge is -1.99. The summed E-state index contributed by atoms with van der Waals surface area (Å²) in [5.41, 5.74) is 3.55. The van der Waals surface area contributed by atoms with Gasteiger partial charge in [-0.3, -0.25) is 0 Å². The van der Waals surface area contributed by atoms with Crippen LogP contribution in [0.1, 0.15) is 15.9 Å². The number of H-pyrrole nitrogens is 1. The predicted octanol–water partition coefficient (Wildman–Crippen LogP) is 5.32. The van der Waals surface area contributed by atoms with Crippen LogP contribution in [0, 0.1) is 11.3 Å². The second kappa shape index (κ2) is 6.10. The van der Waals surface area contributed by atoms with E-state index >= 15 is 0 Å². The van der Waals surface area contributed by atoms with Gasteiger partial charge in [-0.2, -0.15) is 5.26 Å². The van der Waals surface area contributed by atoms with E-state index in [1.54, 1.807) is 36.4 Å². The van der Waals surface area contributed by atoms with Gasteiger partial charge in [0, 0.05) is 16.1 Å². The van der Waals surface area contributed by atoms with Gasteiger partial charge in [-0.1, -0.05) is 23.7 Å². The third-order valence-corrected chi connectivity index (χ3v) is 4.31. The van der Waals surface area contributed by atoms with Crippen LogP contribution in [0.15, 0.2) is 59.0 Å². The Morgan fingerprint density at radius 1 is 1.08 bits per heavy atom. The molecule has 0 atom stereocenters. The maximum atomic E-state index is 10.9. The normalized spacial score (nSPS) is 10.8. The number of halogens is 1. The van der Waals surface area contributed by atoms with Crippen molar-refractivity contribution in [1.82, 2.24) is 4.98 Å². The van der Waals surface area contributed by atoms with Crippen LogP contribution < -0.4 is 0 Å². The number of aromatic carboxylic acids is 1. The number of nitriles is 1. The van der Waals surface area contributed by atoms with Crippen LogP contribution in [0.5, 0.6) is 0 Å². The molecule has 4 rings (SSSR count). The number of carboxylic acid groups (broad SMARTS) is 1. The summed E-state index contributed by atoms with van der Waals surface area (Å²) in [6.45, 7) is 0. The SMILES string of the molecule is N#Cc1cc(Cl)cc2cc(-c3ccc(-c4ccc(C(=O)O)cc4)[nH]3)oc12. The van der Waals surface area contributed by atoms with Crippen molar-refractivity contribution in [2.45, 2.75) is 0 Å². The molecule has 2 aromatic carbocycles. The minimum Gasteiger partial charge on any atom is -0.478 e. The summed E-state index contributed by atoms with van der Waals surface area (Å²) >= 11 is 6.03. The van der Waals surface area contributed by atoms with Crippen molar-refractivity contribution in [3.8, 4) is 28.8 Å². The number of aromatic amines is 1. The van der Waals surface area contributed by atoms with Crippen molar-refractivity contribution in [3.05, 3.63) is 70.7 Å². The number of nitrogens with one attached hydrogen (secondary N) is 1. The summed E-state index contributed by atoms with van der Waals surface area (Å²) in [5, 5.41) is 19.4. The number of rotatable bonds is 3. The van der Waals surface area contributed by atoms with Crippen molar-refractivity contribution in [3.63, 3.8) is 0 Å². The molecule has 0 fully saturated rings. The van der Waals surface area contributed by atoms with Gasteiger partial charge in [0.2, 0.25) is 0 Å². The molecular formula is C20H11ClN2O3. The van der Waals surface area contributed by atoms with Crippen LogP contribution in [0.4, 0.5) is 0 Å². The number of fused-ring (bicyclic) bond motifs is 1. The summed E-state index contributed by atoms with van der Waals surface area (Å²) in [6, 6.07) is 17.6. The van der Waals surface area contributed by atoms with Gasteiger partial charge in [-0.05, 0) is 48.0 Å². The molecule has 5 nitrogen and oxygen atoms in total. The molecule has 0 bridgehead atoms. The first-order chi connectivity index (χ1) is 12.5. The van der Waals surface area contributed by atoms with Crippen molar-refractivity contribution in [1.29, 1.82) is 5.26 Å². The quantitative estimate of drug-likeness (QED) is 0.516. The number of furan rings is 1. The Kier molecular flexibility index (Phi) is 3.76. The number of nitrogens with zero attached hydrogens (tertiary/aromatic N) is 1. The zero-order chi connectivity index (χ0) is 18.3. The highest BCUT2D eigenvalue weighted by Gasteiger charge is 2.13. The van der Waals surface area contributed by atoms with E-state index in [1.165, 1.54) is 0 Å². The van der Waals surface area contributed by atoms with Crippen molar-refractivity contribution in [2.24, 2.45) is 0 Å². The van der Waals surface area contributed by atoms with E-state index in [-0.39, 0.29) is 5.56 Å². The highest BCUT2D eigenvalue weighted by Crippen LogP contribution is 2.32. The number of carbonyl (C=O) groups is 1. The first kappa shape index (κ1) is 16.0. The van der Waals surface area contributed by atoms with E-state index in [9.17, 15) is 10.1 Å². The Morgan fingerprint density at radius 2 is 1.81 bits per heavy atom. The van der Waals surface area contributed by atoms with E-state index in [0.29, 0.717) is 21.9 Å². The minimum absolute atomic E-state index is 0.235. The average Bonchev–Trinajstić information content (AvgIpc) is 3.27. The third-order valence-electron chi connectivity index (χ3n) is 4.10. The first-order valence-corrected chi connectivity index (χ1v) is 8.09. The molecule has 0 aliphatic heterocycles. The van der Waals surface area contributed by atoms with E-state index < -0.39 is 5.97 Å². The number of carboxylic acids is 1. The second-order valence-electron chi connectivity index (χ2n) is 5.76. The second-order valence-corrected chi connectivity index (χ2v) is 6.20. The molecule has 0 radical (unpaired) electrons. The summed E-state index contributed by atoms with van der Waals surface area (Å²) in [4.78, 5) is 14.2. The number of aromatic nitrogens is 1. The summed E-state index contributed by atoms with van der Waals surface area (Å²) in [5.74, 6) is -0.370. The molecular weight excluding hydrogens is 352 g/mol. The van der Waals surface area contributed by atoms with Crippen molar-refractivity contribution < 1.29 is 14.3 Å². The smallest absolute Gasteiger partial charge is 0.335 e. The standard InChI is InChI=1S/C20H11ClN2O3/c21-15-7-13-9-18(26-19(13)14(8-15)10-22)17-6-5-16(23-17)11-1-3-12(4-2-11)20(24)25/h1-9,23H,(H,24,25). The number of hydrogen-bond donors (Lipinski definition) is 2. The van der Waals surface area contributed by atoms with E-state index in [4.69, 9.17) is 21.1 Å². The lowest BCUT2D eigenvalue weighted by molar-refractivity contribution is 0.0697. The van der Waals surface area contributed by atoms with Gasteiger partial charge in [-0.25, -0.2) is 4.79 Å². The van der Waals surface area contributed by atoms with E-state index in [2.05, 4.69) is 11.1 Å². The molecule has 2 N–H and O–H groups in total. The largest absolute Gasteiger partial charge is 0.478 e. The monoisotopic (exact) mass is 362 g/mol. The fourth-order valence-corrected chi connectivity index (χ4v) is 3.06. The summed E-state index contributed by atoms with van der Waals surface area (Å²) in [6.07, 6.45) is 0. The Hall–Kier alpha value is -3.49. The molecule has 0 aliphatic rings. The highest BCUT2D eigenvalue weighted by molar-refractivity contribution is 6.31. The Morgan fingerprint density at radius 3 is 2.50 bits per heavy atom. The lowest BCUT2D eigenvalue weighted by Crippen LogP contribution is -1.94. The third kappa shape index (κ3) is 2.73. The van der Waals surface area contributed by atoms with Crippen molar-refractivity contribution >= 4 is 28.5 Å². The minimum atomic E-state index is -0.960. The van der Waals surface area contributed by atoms with Crippen LogP contribution in [0.2, 0.25) is 5.02 Å². The zero-order valence-corrected chi connectivity index (χ0v) is 14.0. The van der Waals surface area contributed by atoms with Gasteiger partial charge in [0.25, 0.3) is 0 Å². The Balaban J connectivity index is 1.73. The van der Waals surface area contributed by atoms with Gasteiger partial charge >= 0.3 is 5.97 Å². The zero-order valence-electron chi connectivity index (χ0n) is 13.3. The van der Waals surface area contributed by atoms with Crippen LogP contribution in [0.25, 0.3) is 33.7 Å². The molecule has 4 aromatic rings. The summed E-state index contributed by atoms with van der Waals surface area (Å²) in [7, 11) is 0. The molecule has 0 amide bonds. The molecule has 6 heteroatoms. The molecule has 2 aromatic heterocycles. The van der Waals surface area contributed by atoms with E-state index in [0.717, 1.165) is 22.3 Å². The van der Waals surface area contributed by atoms with Gasteiger partial charge < -0.3 is 14.5 Å². The average molecular weight is 363 g/mol. The topological polar surface area (TPSA) is 90.0 Å². The molecule has 2 heterocycles. The molecule has 0 spiro atoms. The van der Waals surface area contributed by atoms with E-state index in [1.807, 2.05) is 18.2 Å². The maximum Gasteiger partial charge on any atom is 0.335 e. The van der Waals surface area contributed by atoms with Crippen molar-refractivity contribution in [2.75, 3.05) is 0 Å². The Labute approximate surface area is 153 Å². The highest BCUT2D eigenvalue weighted by atomic mass is 35.5. The van der Waals surface area contributed by atoms with Gasteiger partial charge in [0.05, 0.1) is 16.8 Å². The maximum absolute atomic E-state index is 10.9. The molecule has 0 aliphatic carbocycles. The fraction of sp³-hybridized carbons (Fsp3) is 0. The van der Waals surface area contributed by atoms with Crippen LogP contribution >= 0.6 is 11.6 Å². The number of hydrogen-bond acceptors (Lipinski definition) is 3. The van der Waals surface area contributed by atoms with Gasteiger partial charge in [0.15, 0.2) is 11.3 Å². The fourth-order valence-electron chi connectivity index (χ4n) is 2.83. The summed E-state index contributed by atoms with van der Waals surface area (Å²) < 4.78 is 5.84. The molecule has 126 valence electrons. The first-order valence-electron chi connectivity index (χ1n) is 7.71. The van der Waals surface area contributed by atoms with Crippen LogP contribution in [0.3, 0.4) is 0 Å². The van der Waals surface area contributed by atoms with Gasteiger partial charge in [-0.15, -0.1) is 0 Å². The predicted molar refractivity (Wildman–Crippen MR) is 98.1 cm³/mol. The molecule has 0 saturated carbocycles. The van der Waals surface area contributed by atoms with Gasteiger partial charge in [0.1, 0.15) is 6.07 Å². The number of benzene rings is 2. The van der Waals surface area contributed by atoms with Crippen LogP contribution in [-0.2, 0) is 0 Å². The molecule has 26 heavy (non-hydrogen) atoms. The molecule has 0 unspecified atom stereocenters. The molecule has 0 saturated heterocycles. The van der Waals surface area contributed by atoms with Crippen LogP contribution in [-0.4, -0.2) is 16.1 Å². The lowest BCUT2D eigenvalue weighted by atomic mass is 10.1. The Bertz CT molecular complexity index is 1180.